The second kappa shape index (κ2) is 6.24. The molecule has 2 rings (SSSR count). The van der Waals surface area contributed by atoms with Gasteiger partial charge in [-0.25, -0.2) is 0 Å². The maximum absolute atomic E-state index is 11.2. The van der Waals surface area contributed by atoms with Crippen LogP contribution in [0, 0.1) is 13.8 Å². The van der Waals surface area contributed by atoms with Crippen molar-refractivity contribution >= 4 is 17.3 Å². The highest BCUT2D eigenvalue weighted by molar-refractivity contribution is 5.89. The molecule has 0 saturated carbocycles. The summed E-state index contributed by atoms with van der Waals surface area (Å²) in [5.74, 6) is -0.0517. The van der Waals surface area contributed by atoms with E-state index in [1.54, 1.807) is 0 Å². The highest BCUT2D eigenvalue weighted by Crippen LogP contribution is 2.21. The Balaban J connectivity index is 2.15. The molecule has 104 valence electrons. The Labute approximate surface area is 120 Å². The zero-order chi connectivity index (χ0) is 14.5. The van der Waals surface area contributed by atoms with Crippen LogP contribution in [0.3, 0.4) is 0 Å². The molecule has 2 aromatic rings. The summed E-state index contributed by atoms with van der Waals surface area (Å²) >= 11 is 0. The van der Waals surface area contributed by atoms with Crippen LogP contribution in [-0.2, 0) is 11.3 Å². The molecule has 0 heterocycles. The largest absolute Gasteiger partial charge is 0.381 e. The number of rotatable bonds is 4. The molecule has 20 heavy (non-hydrogen) atoms. The Morgan fingerprint density at radius 3 is 2.45 bits per heavy atom. The van der Waals surface area contributed by atoms with Crippen molar-refractivity contribution in [3.05, 3.63) is 59.2 Å². The molecular weight excluding hydrogens is 248 g/mol. The topological polar surface area (TPSA) is 41.1 Å². The third-order valence-electron chi connectivity index (χ3n) is 3.40. The van der Waals surface area contributed by atoms with Crippen molar-refractivity contribution in [1.82, 2.24) is 0 Å². The van der Waals surface area contributed by atoms with E-state index >= 15 is 0 Å². The molecule has 3 nitrogen and oxygen atoms in total. The molecule has 0 aliphatic rings. The van der Waals surface area contributed by atoms with Crippen LogP contribution in [0.2, 0.25) is 0 Å². The Bertz CT molecular complexity index is 620. The minimum Gasteiger partial charge on any atom is -0.381 e. The molecule has 1 amide bonds. The minimum atomic E-state index is -0.0517. The third kappa shape index (κ3) is 3.38. The van der Waals surface area contributed by atoms with Crippen LogP contribution in [0.4, 0.5) is 11.4 Å². The first-order valence-corrected chi connectivity index (χ1v) is 6.73. The standard InChI is InChI=1S/C17H20N2O/c1-12-7-6-10-16(13(12)2)18-11-15-8-4-5-9-17(15)19-14(3)20/h4-10,18H,11H2,1-3H3,(H,19,20). The van der Waals surface area contributed by atoms with Crippen molar-refractivity contribution < 1.29 is 4.79 Å². The predicted octanol–water partition coefficient (Wildman–Crippen LogP) is 3.87. The summed E-state index contributed by atoms with van der Waals surface area (Å²) in [4.78, 5) is 11.2. The van der Waals surface area contributed by atoms with Crippen LogP contribution in [0.1, 0.15) is 23.6 Å². The number of aryl methyl sites for hydroxylation is 1. The van der Waals surface area contributed by atoms with Crippen molar-refractivity contribution in [3.63, 3.8) is 0 Å². The maximum Gasteiger partial charge on any atom is 0.221 e. The molecule has 3 heteroatoms. The number of carbonyl (C=O) groups excluding carboxylic acids is 1. The number of hydrogen-bond donors (Lipinski definition) is 2. The van der Waals surface area contributed by atoms with E-state index in [2.05, 4.69) is 36.6 Å². The van der Waals surface area contributed by atoms with Gasteiger partial charge in [-0.3, -0.25) is 4.79 Å². The molecule has 0 bridgehead atoms. The average molecular weight is 268 g/mol. The first kappa shape index (κ1) is 14.1. The summed E-state index contributed by atoms with van der Waals surface area (Å²) in [5.41, 5.74) is 5.58. The van der Waals surface area contributed by atoms with Gasteiger partial charge in [-0.2, -0.15) is 0 Å². The fraction of sp³-hybridized carbons (Fsp3) is 0.235. The maximum atomic E-state index is 11.2. The van der Waals surface area contributed by atoms with Gasteiger partial charge in [-0.05, 0) is 42.7 Å². The van der Waals surface area contributed by atoms with Crippen molar-refractivity contribution in [2.75, 3.05) is 10.6 Å². The Morgan fingerprint density at radius 1 is 1.00 bits per heavy atom. The second-order valence-electron chi connectivity index (χ2n) is 4.94. The Kier molecular flexibility index (Phi) is 4.41. The van der Waals surface area contributed by atoms with Gasteiger partial charge in [0.2, 0.25) is 5.91 Å². The molecule has 0 aliphatic carbocycles. The quantitative estimate of drug-likeness (QED) is 0.883. The van der Waals surface area contributed by atoms with Crippen molar-refractivity contribution in [3.8, 4) is 0 Å². The van der Waals surface area contributed by atoms with E-state index in [4.69, 9.17) is 0 Å². The van der Waals surface area contributed by atoms with Crippen molar-refractivity contribution in [2.45, 2.75) is 27.3 Å². The van der Waals surface area contributed by atoms with Crippen LogP contribution < -0.4 is 10.6 Å². The van der Waals surface area contributed by atoms with Crippen LogP contribution in [0.5, 0.6) is 0 Å². The van der Waals surface area contributed by atoms with E-state index in [-0.39, 0.29) is 5.91 Å². The predicted molar refractivity (Wildman–Crippen MR) is 84.0 cm³/mol. The summed E-state index contributed by atoms with van der Waals surface area (Å²) in [6.45, 7) is 6.42. The fourth-order valence-corrected chi connectivity index (χ4v) is 2.12. The third-order valence-corrected chi connectivity index (χ3v) is 3.40. The van der Waals surface area contributed by atoms with E-state index in [0.717, 1.165) is 16.9 Å². The normalized spacial score (nSPS) is 10.2. The van der Waals surface area contributed by atoms with Gasteiger partial charge in [0.05, 0.1) is 0 Å². The first-order chi connectivity index (χ1) is 9.58. The number of anilines is 2. The van der Waals surface area contributed by atoms with Crippen LogP contribution in [-0.4, -0.2) is 5.91 Å². The molecule has 2 N–H and O–H groups in total. The van der Waals surface area contributed by atoms with Gasteiger partial charge >= 0.3 is 0 Å². The second-order valence-corrected chi connectivity index (χ2v) is 4.94. The lowest BCUT2D eigenvalue weighted by Gasteiger charge is -2.14. The summed E-state index contributed by atoms with van der Waals surface area (Å²) in [6.07, 6.45) is 0. The highest BCUT2D eigenvalue weighted by atomic mass is 16.1. The molecule has 0 unspecified atom stereocenters. The summed E-state index contributed by atoms with van der Waals surface area (Å²) in [6, 6.07) is 14.1. The number of hydrogen-bond acceptors (Lipinski definition) is 2. The van der Waals surface area contributed by atoms with Gasteiger partial charge in [0.25, 0.3) is 0 Å². The molecular formula is C17H20N2O. The van der Waals surface area contributed by atoms with Crippen LogP contribution in [0.25, 0.3) is 0 Å². The minimum absolute atomic E-state index is 0.0517. The van der Waals surface area contributed by atoms with Gasteiger partial charge in [0.1, 0.15) is 0 Å². The molecule has 0 fully saturated rings. The Hall–Kier alpha value is -2.29. The SMILES string of the molecule is CC(=O)Nc1ccccc1CNc1cccc(C)c1C. The number of nitrogens with one attached hydrogen (secondary N) is 2. The molecule has 0 spiro atoms. The summed E-state index contributed by atoms with van der Waals surface area (Å²) < 4.78 is 0. The Morgan fingerprint density at radius 2 is 1.70 bits per heavy atom. The van der Waals surface area contributed by atoms with Crippen LogP contribution in [0.15, 0.2) is 42.5 Å². The van der Waals surface area contributed by atoms with Gasteiger partial charge in [0, 0.05) is 24.8 Å². The lowest BCUT2D eigenvalue weighted by atomic mass is 10.1. The van der Waals surface area contributed by atoms with E-state index in [9.17, 15) is 4.79 Å². The lowest BCUT2D eigenvalue weighted by molar-refractivity contribution is -0.114. The van der Waals surface area contributed by atoms with E-state index in [1.807, 2.05) is 30.3 Å². The molecule has 0 atom stereocenters. The summed E-state index contributed by atoms with van der Waals surface area (Å²) in [7, 11) is 0. The highest BCUT2D eigenvalue weighted by Gasteiger charge is 2.04. The number of carbonyl (C=O) groups is 1. The molecule has 0 radical (unpaired) electrons. The summed E-state index contributed by atoms with van der Waals surface area (Å²) in [5, 5.41) is 6.29. The monoisotopic (exact) mass is 268 g/mol. The fourth-order valence-electron chi connectivity index (χ4n) is 2.12. The van der Waals surface area contributed by atoms with Crippen LogP contribution >= 0.6 is 0 Å². The van der Waals surface area contributed by atoms with Crippen molar-refractivity contribution in [2.24, 2.45) is 0 Å². The molecule has 0 aliphatic heterocycles. The molecule has 0 saturated heterocycles. The van der Waals surface area contributed by atoms with E-state index in [0.29, 0.717) is 6.54 Å². The zero-order valence-electron chi connectivity index (χ0n) is 12.2. The van der Waals surface area contributed by atoms with E-state index in [1.165, 1.54) is 18.1 Å². The average Bonchev–Trinajstić information content (AvgIpc) is 2.41. The van der Waals surface area contributed by atoms with Gasteiger partial charge in [-0.15, -0.1) is 0 Å². The zero-order valence-corrected chi connectivity index (χ0v) is 12.2. The number of benzene rings is 2. The number of amides is 1. The van der Waals surface area contributed by atoms with Gasteiger partial charge < -0.3 is 10.6 Å². The molecule has 2 aromatic carbocycles. The van der Waals surface area contributed by atoms with Gasteiger partial charge in [0.15, 0.2) is 0 Å². The smallest absolute Gasteiger partial charge is 0.221 e. The van der Waals surface area contributed by atoms with Gasteiger partial charge in [-0.1, -0.05) is 30.3 Å². The lowest BCUT2D eigenvalue weighted by Crippen LogP contribution is -2.10. The van der Waals surface area contributed by atoms with Crippen molar-refractivity contribution in [1.29, 1.82) is 0 Å². The first-order valence-electron chi connectivity index (χ1n) is 6.73. The van der Waals surface area contributed by atoms with E-state index < -0.39 is 0 Å². The number of para-hydroxylation sites is 1. The molecule has 0 aromatic heterocycles.